The highest BCUT2D eigenvalue weighted by Gasteiger charge is 2.13. The molecule has 0 spiro atoms. The predicted molar refractivity (Wildman–Crippen MR) is 88.4 cm³/mol. The molecule has 2 aromatic rings. The van der Waals surface area contributed by atoms with Gasteiger partial charge in [0.15, 0.2) is 6.61 Å². The van der Waals surface area contributed by atoms with Crippen LogP contribution in [0.4, 0.5) is 5.69 Å². The second kappa shape index (κ2) is 8.16. The van der Waals surface area contributed by atoms with Crippen molar-refractivity contribution in [3.05, 3.63) is 63.2 Å². The Hall–Kier alpha value is -2.80. The van der Waals surface area contributed by atoms with Crippen LogP contribution in [0.1, 0.15) is 5.56 Å². The molecule has 0 bridgehead atoms. The van der Waals surface area contributed by atoms with Gasteiger partial charge in [0.1, 0.15) is 16.5 Å². The molecule has 2 aromatic carbocycles. The molecular weight excluding hydrogens is 336 g/mol. The monoisotopic (exact) mass is 350 g/mol. The fraction of sp³-hybridized carbons (Fsp3) is 0.188. The van der Waals surface area contributed by atoms with Gasteiger partial charge in [-0.05, 0) is 23.8 Å². The number of hydrogen-bond acceptors (Lipinski definition) is 5. The lowest BCUT2D eigenvalue weighted by molar-refractivity contribution is -0.384. The van der Waals surface area contributed by atoms with Gasteiger partial charge in [-0.1, -0.05) is 23.7 Å². The Morgan fingerprint density at radius 1 is 1.21 bits per heavy atom. The molecule has 0 fully saturated rings. The highest BCUT2D eigenvalue weighted by Crippen LogP contribution is 2.28. The molecule has 0 aromatic heterocycles. The van der Waals surface area contributed by atoms with Crippen molar-refractivity contribution < 1.29 is 19.2 Å². The third kappa shape index (κ3) is 4.85. The van der Waals surface area contributed by atoms with Crippen LogP contribution in [0.5, 0.6) is 11.5 Å². The van der Waals surface area contributed by atoms with Crippen LogP contribution in [-0.4, -0.2) is 24.5 Å². The Labute approximate surface area is 143 Å². The van der Waals surface area contributed by atoms with Gasteiger partial charge in [0.25, 0.3) is 11.6 Å². The number of nitrogens with zero attached hydrogens (tertiary/aromatic N) is 1. The number of hydrogen-bond donors (Lipinski definition) is 1. The number of ether oxygens (including phenoxy) is 2. The van der Waals surface area contributed by atoms with Gasteiger partial charge in [-0.3, -0.25) is 14.9 Å². The molecule has 0 saturated heterocycles. The van der Waals surface area contributed by atoms with Gasteiger partial charge in [0.2, 0.25) is 0 Å². The van der Waals surface area contributed by atoms with Gasteiger partial charge in [0, 0.05) is 18.7 Å². The average molecular weight is 351 g/mol. The molecule has 1 amide bonds. The summed E-state index contributed by atoms with van der Waals surface area (Å²) in [5, 5.41) is 13.3. The van der Waals surface area contributed by atoms with Crippen molar-refractivity contribution in [1.29, 1.82) is 0 Å². The van der Waals surface area contributed by atoms with E-state index >= 15 is 0 Å². The van der Waals surface area contributed by atoms with Crippen LogP contribution < -0.4 is 14.8 Å². The van der Waals surface area contributed by atoms with Crippen LogP contribution in [0.25, 0.3) is 0 Å². The lowest BCUT2D eigenvalue weighted by Crippen LogP contribution is -2.28. The quantitative estimate of drug-likeness (QED) is 0.612. The molecule has 0 saturated carbocycles. The molecule has 0 heterocycles. The van der Waals surface area contributed by atoms with E-state index in [4.69, 9.17) is 21.1 Å². The normalized spacial score (nSPS) is 10.1. The van der Waals surface area contributed by atoms with Crippen LogP contribution in [0.3, 0.4) is 0 Å². The summed E-state index contributed by atoms with van der Waals surface area (Å²) in [5.74, 6) is 0.703. The molecule has 126 valence electrons. The summed E-state index contributed by atoms with van der Waals surface area (Å²) in [6, 6.07) is 11.2. The van der Waals surface area contributed by atoms with Crippen molar-refractivity contribution in [3.63, 3.8) is 0 Å². The van der Waals surface area contributed by atoms with Crippen molar-refractivity contribution in [2.45, 2.75) is 6.54 Å². The summed E-state index contributed by atoms with van der Waals surface area (Å²) in [4.78, 5) is 21.8. The van der Waals surface area contributed by atoms with Gasteiger partial charge in [0.05, 0.1) is 12.0 Å². The van der Waals surface area contributed by atoms with Crippen LogP contribution in [0.2, 0.25) is 5.02 Å². The van der Waals surface area contributed by atoms with Crippen molar-refractivity contribution >= 4 is 23.2 Å². The lowest BCUT2D eigenvalue weighted by atomic mass is 10.2. The molecule has 0 aliphatic carbocycles. The Balaban J connectivity index is 1.82. The largest absolute Gasteiger partial charge is 0.497 e. The molecule has 1 N–H and O–H groups in total. The molecule has 2 rings (SSSR count). The van der Waals surface area contributed by atoms with E-state index in [1.165, 1.54) is 18.2 Å². The first-order chi connectivity index (χ1) is 11.5. The molecule has 0 radical (unpaired) electrons. The van der Waals surface area contributed by atoms with E-state index in [0.717, 1.165) is 11.3 Å². The molecule has 8 heteroatoms. The first-order valence-corrected chi connectivity index (χ1v) is 7.34. The van der Waals surface area contributed by atoms with E-state index in [2.05, 4.69) is 5.32 Å². The molecule has 24 heavy (non-hydrogen) atoms. The number of amides is 1. The van der Waals surface area contributed by atoms with Crippen LogP contribution in [0, 0.1) is 10.1 Å². The molecule has 0 unspecified atom stereocenters. The zero-order valence-corrected chi connectivity index (χ0v) is 13.6. The topological polar surface area (TPSA) is 90.7 Å². The maximum absolute atomic E-state index is 11.8. The third-order valence-corrected chi connectivity index (χ3v) is 3.44. The molecule has 0 aliphatic rings. The number of methoxy groups -OCH3 is 1. The smallest absolute Gasteiger partial charge is 0.288 e. The second-order valence-electron chi connectivity index (χ2n) is 4.78. The maximum atomic E-state index is 11.8. The number of nitrogens with one attached hydrogen (secondary N) is 1. The third-order valence-electron chi connectivity index (χ3n) is 3.13. The average Bonchev–Trinajstić information content (AvgIpc) is 2.58. The number of carbonyl (C=O) groups excluding carboxylic acids is 1. The Morgan fingerprint density at radius 2 is 1.88 bits per heavy atom. The van der Waals surface area contributed by atoms with E-state index in [-0.39, 0.29) is 29.0 Å². The Bertz CT molecular complexity index is 734. The van der Waals surface area contributed by atoms with Crippen LogP contribution in [-0.2, 0) is 11.3 Å². The summed E-state index contributed by atoms with van der Waals surface area (Å²) >= 11 is 5.77. The van der Waals surface area contributed by atoms with E-state index in [0.29, 0.717) is 6.54 Å². The number of benzene rings is 2. The summed E-state index contributed by atoms with van der Waals surface area (Å²) < 4.78 is 10.3. The summed E-state index contributed by atoms with van der Waals surface area (Å²) in [7, 11) is 1.58. The highest BCUT2D eigenvalue weighted by atomic mass is 35.5. The second-order valence-corrected chi connectivity index (χ2v) is 5.19. The SMILES string of the molecule is COc1ccc(CNC(=O)COc2ccc([N+](=O)[O-])c(Cl)c2)cc1. The Morgan fingerprint density at radius 3 is 2.46 bits per heavy atom. The van der Waals surface area contributed by atoms with Crippen molar-refractivity contribution in [2.24, 2.45) is 0 Å². The van der Waals surface area contributed by atoms with Gasteiger partial charge in [-0.2, -0.15) is 0 Å². The predicted octanol–water partition coefficient (Wildman–Crippen LogP) is 2.95. The Kier molecular flexibility index (Phi) is 5.97. The van der Waals surface area contributed by atoms with Crippen LogP contribution >= 0.6 is 11.6 Å². The summed E-state index contributed by atoms with van der Waals surface area (Å²) in [5.41, 5.74) is 0.704. The van der Waals surface area contributed by atoms with Gasteiger partial charge in [-0.15, -0.1) is 0 Å². The first-order valence-electron chi connectivity index (χ1n) is 6.96. The molecule has 0 atom stereocenters. The van der Waals surface area contributed by atoms with Crippen molar-refractivity contribution in [3.8, 4) is 11.5 Å². The fourth-order valence-corrected chi connectivity index (χ4v) is 2.11. The van der Waals surface area contributed by atoms with E-state index < -0.39 is 4.92 Å². The van der Waals surface area contributed by atoms with E-state index in [9.17, 15) is 14.9 Å². The van der Waals surface area contributed by atoms with Crippen LogP contribution in [0.15, 0.2) is 42.5 Å². The molecule has 7 nitrogen and oxygen atoms in total. The number of nitro benzene ring substituents is 1. The van der Waals surface area contributed by atoms with Crippen molar-refractivity contribution in [2.75, 3.05) is 13.7 Å². The van der Waals surface area contributed by atoms with E-state index in [1.54, 1.807) is 19.2 Å². The number of nitro groups is 1. The van der Waals surface area contributed by atoms with Crippen molar-refractivity contribution in [1.82, 2.24) is 5.32 Å². The zero-order chi connectivity index (χ0) is 17.5. The first kappa shape index (κ1) is 17.6. The maximum Gasteiger partial charge on any atom is 0.288 e. The van der Waals surface area contributed by atoms with Gasteiger partial charge < -0.3 is 14.8 Å². The van der Waals surface area contributed by atoms with E-state index in [1.807, 2.05) is 12.1 Å². The number of halogens is 1. The molecular formula is C16H15ClN2O5. The highest BCUT2D eigenvalue weighted by molar-refractivity contribution is 6.32. The standard InChI is InChI=1S/C16H15ClN2O5/c1-23-12-4-2-11(3-5-12)9-18-16(20)10-24-13-6-7-15(19(21)22)14(17)8-13/h2-8H,9-10H2,1H3,(H,18,20). The lowest BCUT2D eigenvalue weighted by Gasteiger charge is -2.08. The minimum atomic E-state index is -0.590. The fourth-order valence-electron chi connectivity index (χ4n) is 1.87. The number of carbonyl (C=O) groups is 1. The zero-order valence-electron chi connectivity index (χ0n) is 12.8. The summed E-state index contributed by atoms with van der Waals surface area (Å²) in [6.07, 6.45) is 0. The number of rotatable bonds is 7. The summed E-state index contributed by atoms with van der Waals surface area (Å²) in [6.45, 7) is 0.136. The van der Waals surface area contributed by atoms with Gasteiger partial charge >= 0.3 is 0 Å². The minimum absolute atomic E-state index is 0.0452. The van der Waals surface area contributed by atoms with Gasteiger partial charge in [-0.25, -0.2) is 0 Å². The minimum Gasteiger partial charge on any atom is -0.497 e. The molecule has 0 aliphatic heterocycles.